The first-order valence-electron chi connectivity index (χ1n) is 6.37. The lowest BCUT2D eigenvalue weighted by Gasteiger charge is -2.27. The van der Waals surface area contributed by atoms with Crippen molar-refractivity contribution in [2.24, 2.45) is 0 Å². The molecule has 8 heteroatoms. The third-order valence-corrected chi connectivity index (χ3v) is 4.14. The molecule has 3 rings (SSSR count). The predicted octanol–water partition coefficient (Wildman–Crippen LogP) is 1.05. The van der Waals surface area contributed by atoms with Crippen LogP contribution >= 0.6 is 11.8 Å². The van der Waals surface area contributed by atoms with Crippen molar-refractivity contribution in [2.75, 3.05) is 5.75 Å². The number of carbonyl (C=O) groups excluding carboxylic acids is 2. The summed E-state index contributed by atoms with van der Waals surface area (Å²) in [6.07, 6.45) is -2.80. The first-order valence-corrected chi connectivity index (χ1v) is 7.36. The Morgan fingerprint density at radius 1 is 1.35 bits per heavy atom. The minimum atomic E-state index is -0.792. The van der Waals surface area contributed by atoms with E-state index in [2.05, 4.69) is 0 Å². The summed E-state index contributed by atoms with van der Waals surface area (Å²) in [5.74, 6) is -0.765. The van der Waals surface area contributed by atoms with Gasteiger partial charge in [-0.1, -0.05) is 0 Å². The van der Waals surface area contributed by atoms with Crippen LogP contribution in [-0.2, 0) is 28.5 Å². The average molecular weight is 304 g/mol. The van der Waals surface area contributed by atoms with Crippen LogP contribution in [0.5, 0.6) is 0 Å². The maximum absolute atomic E-state index is 11.3. The van der Waals surface area contributed by atoms with Crippen LogP contribution in [0.15, 0.2) is 0 Å². The number of rotatable bonds is 2. The first-order chi connectivity index (χ1) is 9.35. The highest BCUT2D eigenvalue weighted by Crippen LogP contribution is 2.41. The van der Waals surface area contributed by atoms with Crippen LogP contribution in [0.4, 0.5) is 4.79 Å². The average Bonchev–Trinajstić information content (AvgIpc) is 2.93. The Balaban J connectivity index is 1.78. The molecule has 0 bridgehead atoms. The second kappa shape index (κ2) is 4.87. The minimum Gasteiger partial charge on any atom is -0.457 e. The van der Waals surface area contributed by atoms with Crippen LogP contribution in [-0.4, -0.2) is 53.5 Å². The lowest BCUT2D eigenvalue weighted by atomic mass is 10.1. The van der Waals surface area contributed by atoms with Crippen molar-refractivity contribution in [3.05, 3.63) is 0 Å². The number of hydrogen-bond donors (Lipinski definition) is 0. The van der Waals surface area contributed by atoms with E-state index in [-0.39, 0.29) is 5.30 Å². The molecule has 3 heterocycles. The lowest BCUT2D eigenvalue weighted by molar-refractivity contribution is -0.226. The van der Waals surface area contributed by atoms with Crippen LogP contribution in [0.1, 0.15) is 20.8 Å². The summed E-state index contributed by atoms with van der Waals surface area (Å²) in [4.78, 5) is 22.5. The largest absolute Gasteiger partial charge is 0.457 e. The number of carbonyl (C=O) groups is 2. The molecule has 0 N–H and O–H groups in total. The van der Waals surface area contributed by atoms with E-state index in [4.69, 9.17) is 23.7 Å². The van der Waals surface area contributed by atoms with Crippen LogP contribution in [0, 0.1) is 0 Å². The van der Waals surface area contributed by atoms with E-state index in [0.29, 0.717) is 5.75 Å². The summed E-state index contributed by atoms with van der Waals surface area (Å²) in [5.41, 5.74) is 0. The molecule has 5 atom stereocenters. The number of ether oxygens (including phenoxy) is 5. The molecule has 0 radical (unpaired) electrons. The van der Waals surface area contributed by atoms with Gasteiger partial charge in [0.05, 0.1) is 0 Å². The Morgan fingerprint density at radius 2 is 2.10 bits per heavy atom. The molecule has 20 heavy (non-hydrogen) atoms. The molecule has 0 aromatic carbocycles. The quantitative estimate of drug-likeness (QED) is 0.700. The summed E-state index contributed by atoms with van der Waals surface area (Å²) in [5, 5.41) is -0.348. The molecule has 0 saturated carbocycles. The Bertz CT molecular complexity index is 438. The normalized spacial score (nSPS) is 42.4. The van der Waals surface area contributed by atoms with E-state index in [1.807, 2.05) is 0 Å². The maximum Gasteiger partial charge on any atom is 0.367 e. The molecule has 7 nitrogen and oxygen atoms in total. The highest BCUT2D eigenvalue weighted by atomic mass is 32.2. The van der Waals surface area contributed by atoms with Gasteiger partial charge in [-0.05, 0) is 25.6 Å². The highest BCUT2D eigenvalue weighted by molar-refractivity contribution is 8.13. The molecule has 0 aromatic heterocycles. The van der Waals surface area contributed by atoms with Gasteiger partial charge < -0.3 is 23.7 Å². The fraction of sp³-hybridized carbons (Fsp3) is 0.833. The van der Waals surface area contributed by atoms with Gasteiger partial charge in [-0.15, -0.1) is 0 Å². The number of fused-ring (bicyclic) bond motifs is 1. The van der Waals surface area contributed by atoms with Crippen molar-refractivity contribution >= 4 is 23.0 Å². The molecule has 3 aliphatic rings. The van der Waals surface area contributed by atoms with E-state index < -0.39 is 42.5 Å². The summed E-state index contributed by atoms with van der Waals surface area (Å²) in [6, 6.07) is 0. The van der Waals surface area contributed by atoms with E-state index in [1.165, 1.54) is 6.92 Å². The molecule has 112 valence electrons. The summed E-state index contributed by atoms with van der Waals surface area (Å²) in [6.45, 7) is 4.85. The van der Waals surface area contributed by atoms with Crippen molar-refractivity contribution in [1.82, 2.24) is 0 Å². The highest BCUT2D eigenvalue weighted by Gasteiger charge is 2.59. The van der Waals surface area contributed by atoms with Crippen molar-refractivity contribution in [3.63, 3.8) is 0 Å². The zero-order chi connectivity index (χ0) is 14.5. The van der Waals surface area contributed by atoms with Gasteiger partial charge in [0.1, 0.15) is 12.2 Å². The monoisotopic (exact) mass is 304 g/mol. The molecule has 0 spiro atoms. The van der Waals surface area contributed by atoms with Crippen LogP contribution in [0.3, 0.4) is 0 Å². The van der Waals surface area contributed by atoms with Crippen molar-refractivity contribution in [2.45, 2.75) is 57.3 Å². The van der Waals surface area contributed by atoms with Gasteiger partial charge in [0, 0.05) is 12.7 Å². The summed E-state index contributed by atoms with van der Waals surface area (Å²) < 4.78 is 27.6. The topological polar surface area (TPSA) is 80.3 Å². The van der Waals surface area contributed by atoms with Gasteiger partial charge in [0.15, 0.2) is 24.3 Å². The maximum atomic E-state index is 11.3. The molecule has 0 amide bonds. The number of hydrogen-bond acceptors (Lipinski definition) is 8. The fourth-order valence-electron chi connectivity index (χ4n) is 2.63. The zero-order valence-corrected chi connectivity index (χ0v) is 12.2. The molecule has 0 aromatic rings. The molecular weight excluding hydrogens is 288 g/mol. The second-order valence-corrected chi connectivity index (χ2v) is 6.32. The number of esters is 1. The Kier molecular flexibility index (Phi) is 3.44. The van der Waals surface area contributed by atoms with Gasteiger partial charge in [0.2, 0.25) is 0 Å². The van der Waals surface area contributed by atoms with E-state index in [1.54, 1.807) is 13.8 Å². The van der Waals surface area contributed by atoms with Crippen molar-refractivity contribution < 1.29 is 33.3 Å². The van der Waals surface area contributed by atoms with E-state index in [0.717, 1.165) is 11.8 Å². The van der Waals surface area contributed by atoms with Gasteiger partial charge >= 0.3 is 11.3 Å². The summed E-state index contributed by atoms with van der Waals surface area (Å²) >= 11 is 1.08. The van der Waals surface area contributed by atoms with E-state index >= 15 is 0 Å². The molecular formula is C12H16O7S. The van der Waals surface area contributed by atoms with Crippen LogP contribution in [0.2, 0.25) is 0 Å². The third kappa shape index (κ3) is 2.52. The third-order valence-electron chi connectivity index (χ3n) is 3.31. The Hall–Kier alpha value is -0.830. The zero-order valence-electron chi connectivity index (χ0n) is 11.4. The summed E-state index contributed by atoms with van der Waals surface area (Å²) in [7, 11) is 0. The molecule has 3 saturated heterocycles. The molecule has 0 unspecified atom stereocenters. The fourth-order valence-corrected chi connectivity index (χ4v) is 3.38. The van der Waals surface area contributed by atoms with Crippen LogP contribution < -0.4 is 0 Å². The van der Waals surface area contributed by atoms with Crippen molar-refractivity contribution in [1.29, 1.82) is 0 Å². The molecule has 3 aliphatic heterocycles. The lowest BCUT2D eigenvalue weighted by Crippen LogP contribution is -2.44. The smallest absolute Gasteiger partial charge is 0.367 e. The minimum absolute atomic E-state index is 0.348. The molecule has 0 aliphatic carbocycles. The SMILES string of the molecule is CC(=O)O[C@@H]1[C@H]2OC(C)(C)O[C@H]2O[C@@H]1[C@@H]1CSC(=O)O1. The van der Waals surface area contributed by atoms with Crippen molar-refractivity contribution in [3.8, 4) is 0 Å². The standard InChI is InChI=1S/C12H16O7S/c1-5(13)15-8-7(6-4-20-11(14)16-6)17-10-9(8)18-12(2,3)19-10/h6-10H,4H2,1-3H3/t6-,7+,8-,9+,10+/m0/s1. The first kappa shape index (κ1) is 14.1. The van der Waals surface area contributed by atoms with Gasteiger partial charge in [-0.3, -0.25) is 4.79 Å². The Labute approximate surface area is 120 Å². The van der Waals surface area contributed by atoms with E-state index in [9.17, 15) is 9.59 Å². The van der Waals surface area contributed by atoms with Gasteiger partial charge in [-0.2, -0.15) is 0 Å². The number of thioether (sulfide) groups is 1. The molecule has 3 fully saturated rings. The van der Waals surface area contributed by atoms with Crippen LogP contribution in [0.25, 0.3) is 0 Å². The Morgan fingerprint density at radius 3 is 2.70 bits per heavy atom. The number of cyclic esters (lactones) is 1. The second-order valence-electron chi connectivity index (χ2n) is 5.36. The predicted molar refractivity (Wildman–Crippen MR) is 67.0 cm³/mol. The van der Waals surface area contributed by atoms with Gasteiger partial charge in [0.25, 0.3) is 0 Å². The van der Waals surface area contributed by atoms with Gasteiger partial charge in [-0.25, -0.2) is 4.79 Å².